The van der Waals surface area contributed by atoms with Crippen LogP contribution in [0.3, 0.4) is 0 Å². The van der Waals surface area contributed by atoms with Gasteiger partial charge in [0.15, 0.2) is 11.4 Å². The molecule has 10 heteroatoms. The zero-order chi connectivity index (χ0) is 26.9. The van der Waals surface area contributed by atoms with E-state index in [1.54, 1.807) is 11.1 Å². The van der Waals surface area contributed by atoms with E-state index < -0.39 is 5.60 Å². The monoisotopic (exact) mass is 523 g/mol. The fourth-order valence-electron chi connectivity index (χ4n) is 5.25. The van der Waals surface area contributed by atoms with Gasteiger partial charge in [0.05, 0.1) is 17.9 Å². The summed E-state index contributed by atoms with van der Waals surface area (Å²) >= 11 is 0. The van der Waals surface area contributed by atoms with Crippen LogP contribution in [0.5, 0.6) is 11.6 Å². The minimum atomic E-state index is -0.572. The molecule has 0 unspecified atom stereocenters. The third kappa shape index (κ3) is 5.70. The minimum absolute atomic E-state index is 0.0582. The molecular formula is C28H37N5O5. The SMILES string of the molecule is CCOc1ncccc1-c1ccc(OC2CC3(CNC3)C2)c(C(=O)N[C@@H]2CCN(C(=O)OC(C)(C)C)C2)n1. The summed E-state index contributed by atoms with van der Waals surface area (Å²) in [6.45, 7) is 10.8. The molecule has 3 fully saturated rings. The molecule has 5 rings (SSSR count). The maximum absolute atomic E-state index is 13.6. The van der Waals surface area contributed by atoms with Gasteiger partial charge in [0.25, 0.3) is 5.91 Å². The molecule has 1 saturated carbocycles. The van der Waals surface area contributed by atoms with Gasteiger partial charge < -0.3 is 29.7 Å². The number of amides is 2. The van der Waals surface area contributed by atoms with Gasteiger partial charge in [0.2, 0.25) is 5.88 Å². The zero-order valence-electron chi connectivity index (χ0n) is 22.6. The smallest absolute Gasteiger partial charge is 0.410 e. The lowest BCUT2D eigenvalue weighted by Crippen LogP contribution is -2.62. The number of nitrogens with one attached hydrogen (secondary N) is 2. The molecule has 0 aromatic carbocycles. The lowest BCUT2D eigenvalue weighted by atomic mass is 9.63. The molecule has 0 radical (unpaired) electrons. The van der Waals surface area contributed by atoms with Crippen molar-refractivity contribution < 1.29 is 23.8 Å². The van der Waals surface area contributed by atoms with Crippen molar-refractivity contribution in [3.05, 3.63) is 36.2 Å². The van der Waals surface area contributed by atoms with Gasteiger partial charge in [-0.2, -0.15) is 0 Å². The van der Waals surface area contributed by atoms with Crippen LogP contribution in [0, 0.1) is 5.41 Å². The Morgan fingerprint density at radius 3 is 2.68 bits per heavy atom. The van der Waals surface area contributed by atoms with Gasteiger partial charge in [0.1, 0.15) is 11.7 Å². The number of ether oxygens (including phenoxy) is 3. The molecule has 0 bridgehead atoms. The summed E-state index contributed by atoms with van der Waals surface area (Å²) in [6, 6.07) is 7.13. The number of hydrogen-bond acceptors (Lipinski definition) is 8. The maximum atomic E-state index is 13.6. The van der Waals surface area contributed by atoms with E-state index in [-0.39, 0.29) is 29.8 Å². The molecule has 2 N–H and O–H groups in total. The number of carbonyl (C=O) groups is 2. The molecule has 3 aliphatic rings. The summed E-state index contributed by atoms with van der Waals surface area (Å²) < 4.78 is 17.5. The Hall–Kier alpha value is -3.40. The fraction of sp³-hybridized carbons (Fsp3) is 0.571. The molecule has 2 aromatic rings. The Balaban J connectivity index is 1.34. The summed E-state index contributed by atoms with van der Waals surface area (Å²) in [6.07, 6.45) is 3.92. The molecule has 204 valence electrons. The predicted molar refractivity (Wildman–Crippen MR) is 141 cm³/mol. The highest BCUT2D eigenvalue weighted by Crippen LogP contribution is 2.46. The predicted octanol–water partition coefficient (Wildman–Crippen LogP) is 3.41. The molecule has 2 saturated heterocycles. The van der Waals surface area contributed by atoms with E-state index in [9.17, 15) is 9.59 Å². The van der Waals surface area contributed by atoms with Crippen molar-refractivity contribution in [2.24, 2.45) is 5.41 Å². The van der Waals surface area contributed by atoms with Gasteiger partial charge in [-0.25, -0.2) is 14.8 Å². The molecule has 10 nitrogen and oxygen atoms in total. The van der Waals surface area contributed by atoms with Crippen LogP contribution >= 0.6 is 0 Å². The second-order valence-electron chi connectivity index (χ2n) is 11.5. The normalized spacial score (nSPS) is 20.4. The summed E-state index contributed by atoms with van der Waals surface area (Å²) in [5, 5.41) is 6.40. The van der Waals surface area contributed by atoms with Crippen molar-refractivity contribution in [3.8, 4) is 22.9 Å². The van der Waals surface area contributed by atoms with E-state index in [2.05, 4.69) is 15.6 Å². The number of rotatable bonds is 7. The quantitative estimate of drug-likeness (QED) is 0.568. The number of pyridine rings is 2. The Bertz CT molecular complexity index is 1180. The first-order valence-corrected chi connectivity index (χ1v) is 13.4. The number of aromatic nitrogens is 2. The van der Waals surface area contributed by atoms with Gasteiger partial charge in [-0.3, -0.25) is 4.79 Å². The van der Waals surface area contributed by atoms with Crippen molar-refractivity contribution in [3.63, 3.8) is 0 Å². The molecule has 2 aliphatic heterocycles. The van der Waals surface area contributed by atoms with E-state index in [1.807, 2.05) is 52.0 Å². The Labute approximate surface area is 223 Å². The van der Waals surface area contributed by atoms with Crippen molar-refractivity contribution in [1.82, 2.24) is 25.5 Å². The van der Waals surface area contributed by atoms with Gasteiger partial charge in [0, 0.05) is 43.8 Å². The van der Waals surface area contributed by atoms with Crippen LogP contribution in [-0.2, 0) is 4.74 Å². The zero-order valence-corrected chi connectivity index (χ0v) is 22.6. The van der Waals surface area contributed by atoms with Crippen molar-refractivity contribution in [2.45, 2.75) is 64.7 Å². The van der Waals surface area contributed by atoms with Crippen molar-refractivity contribution in [2.75, 3.05) is 32.8 Å². The largest absolute Gasteiger partial charge is 0.488 e. The highest BCUT2D eigenvalue weighted by atomic mass is 16.6. The maximum Gasteiger partial charge on any atom is 0.410 e. The van der Waals surface area contributed by atoms with Gasteiger partial charge in [-0.15, -0.1) is 0 Å². The Morgan fingerprint density at radius 1 is 1.21 bits per heavy atom. The van der Waals surface area contributed by atoms with Crippen LogP contribution in [0.15, 0.2) is 30.5 Å². The minimum Gasteiger partial charge on any atom is -0.488 e. The molecule has 1 atom stereocenters. The summed E-state index contributed by atoms with van der Waals surface area (Å²) in [7, 11) is 0. The highest BCUT2D eigenvalue weighted by Gasteiger charge is 2.50. The molecule has 2 amide bonds. The third-order valence-corrected chi connectivity index (χ3v) is 7.19. The van der Waals surface area contributed by atoms with Gasteiger partial charge in [-0.05, 0) is 71.2 Å². The molecule has 1 aliphatic carbocycles. The third-order valence-electron chi connectivity index (χ3n) is 7.19. The molecule has 38 heavy (non-hydrogen) atoms. The second kappa shape index (κ2) is 10.4. The Kier molecular flexibility index (Phi) is 7.17. The van der Waals surface area contributed by atoms with Gasteiger partial charge >= 0.3 is 6.09 Å². The first-order valence-electron chi connectivity index (χ1n) is 13.4. The lowest BCUT2D eigenvalue weighted by molar-refractivity contribution is -0.0498. The summed E-state index contributed by atoms with van der Waals surface area (Å²) in [4.78, 5) is 36.7. The van der Waals surface area contributed by atoms with E-state index in [1.165, 1.54) is 0 Å². The van der Waals surface area contributed by atoms with E-state index in [0.29, 0.717) is 54.4 Å². The lowest BCUT2D eigenvalue weighted by Gasteiger charge is -2.53. The topological polar surface area (TPSA) is 115 Å². The average molecular weight is 524 g/mol. The molecule has 1 spiro atoms. The van der Waals surface area contributed by atoms with Crippen LogP contribution in [0.25, 0.3) is 11.3 Å². The number of hydrogen-bond donors (Lipinski definition) is 2. The van der Waals surface area contributed by atoms with E-state index in [0.717, 1.165) is 25.9 Å². The van der Waals surface area contributed by atoms with Crippen LogP contribution in [0.4, 0.5) is 4.79 Å². The molecule has 4 heterocycles. The van der Waals surface area contributed by atoms with Crippen molar-refractivity contribution >= 4 is 12.0 Å². The van der Waals surface area contributed by atoms with Crippen LogP contribution in [0.1, 0.15) is 57.4 Å². The average Bonchev–Trinajstić information content (AvgIpc) is 3.28. The van der Waals surface area contributed by atoms with Gasteiger partial charge in [-0.1, -0.05) is 0 Å². The first kappa shape index (κ1) is 26.2. The van der Waals surface area contributed by atoms with Crippen LogP contribution in [-0.4, -0.2) is 77.4 Å². The number of likely N-dealkylation sites (tertiary alicyclic amines) is 1. The first-order chi connectivity index (χ1) is 18.1. The number of nitrogens with zero attached hydrogens (tertiary/aromatic N) is 3. The number of carbonyl (C=O) groups excluding carboxylic acids is 2. The van der Waals surface area contributed by atoms with Crippen LogP contribution in [0.2, 0.25) is 0 Å². The van der Waals surface area contributed by atoms with Crippen LogP contribution < -0.4 is 20.1 Å². The standard InChI is InChI=1S/C28H37N5O5/c1-5-36-25-20(7-6-11-30-25)21-8-9-22(37-19-13-28(14-19)16-29-17-28)23(32-21)24(34)31-18-10-12-33(15-18)26(35)38-27(2,3)4/h6-9,11,18-19,29H,5,10,12-17H2,1-4H3,(H,31,34)/t18-/m1/s1. The van der Waals surface area contributed by atoms with E-state index in [4.69, 9.17) is 19.2 Å². The molecule has 2 aromatic heterocycles. The molecular weight excluding hydrogens is 486 g/mol. The fourth-order valence-corrected chi connectivity index (χ4v) is 5.25. The summed E-state index contributed by atoms with van der Waals surface area (Å²) in [5.74, 6) is 0.589. The van der Waals surface area contributed by atoms with Crippen molar-refractivity contribution in [1.29, 1.82) is 0 Å². The summed E-state index contributed by atoms with van der Waals surface area (Å²) in [5.41, 5.74) is 1.27. The highest BCUT2D eigenvalue weighted by molar-refractivity contribution is 5.96. The Morgan fingerprint density at radius 2 is 2.00 bits per heavy atom. The second-order valence-corrected chi connectivity index (χ2v) is 11.5. The van der Waals surface area contributed by atoms with E-state index >= 15 is 0 Å².